The first-order valence-corrected chi connectivity index (χ1v) is 7.75. The van der Waals surface area contributed by atoms with Gasteiger partial charge in [-0.3, -0.25) is 0 Å². The summed E-state index contributed by atoms with van der Waals surface area (Å²) < 4.78 is 38.4. The minimum Gasteiger partial charge on any atom is -0.358 e. The normalized spacial score (nSPS) is 18.0. The Morgan fingerprint density at radius 1 is 1.25 bits per heavy atom. The van der Waals surface area contributed by atoms with Gasteiger partial charge in [-0.15, -0.1) is 5.10 Å². The van der Waals surface area contributed by atoms with E-state index >= 15 is 0 Å². The van der Waals surface area contributed by atoms with Crippen molar-refractivity contribution in [2.75, 3.05) is 29.9 Å². The molecular formula is C16H18F3N5. The lowest BCUT2D eigenvalue weighted by Gasteiger charge is -2.30. The second-order valence-electron chi connectivity index (χ2n) is 5.83. The van der Waals surface area contributed by atoms with Crippen LogP contribution in [-0.4, -0.2) is 41.4 Å². The molecule has 0 radical (unpaired) electrons. The summed E-state index contributed by atoms with van der Waals surface area (Å²) in [7, 11) is 1.76. The molecule has 5 nitrogen and oxygen atoms in total. The summed E-state index contributed by atoms with van der Waals surface area (Å²) in [6.07, 6.45) is -0.839. The highest BCUT2D eigenvalue weighted by atomic mass is 19.4. The van der Waals surface area contributed by atoms with Crippen molar-refractivity contribution in [3.05, 3.63) is 42.2 Å². The maximum atomic E-state index is 12.8. The molecule has 0 aliphatic carbocycles. The van der Waals surface area contributed by atoms with E-state index in [0.717, 1.165) is 31.3 Å². The Labute approximate surface area is 138 Å². The summed E-state index contributed by atoms with van der Waals surface area (Å²) in [5.41, 5.74) is -0.871. The monoisotopic (exact) mass is 337 g/mol. The molecule has 0 spiro atoms. The van der Waals surface area contributed by atoms with Gasteiger partial charge in [0.2, 0.25) is 0 Å². The van der Waals surface area contributed by atoms with E-state index in [1.165, 1.54) is 6.07 Å². The van der Waals surface area contributed by atoms with Gasteiger partial charge in [-0.2, -0.15) is 18.3 Å². The molecule has 1 fully saturated rings. The molecule has 2 aromatic heterocycles. The Hall–Kier alpha value is -2.38. The van der Waals surface area contributed by atoms with Crippen molar-refractivity contribution in [2.24, 2.45) is 0 Å². The average molecular weight is 337 g/mol. The molecule has 8 heteroatoms. The third-order valence-electron chi connectivity index (χ3n) is 4.13. The number of nitrogens with zero attached hydrogens (tertiary/aromatic N) is 5. The second-order valence-corrected chi connectivity index (χ2v) is 5.83. The molecule has 1 aliphatic rings. The van der Waals surface area contributed by atoms with Crippen LogP contribution in [0.15, 0.2) is 36.5 Å². The van der Waals surface area contributed by atoms with Gasteiger partial charge in [0.1, 0.15) is 11.5 Å². The van der Waals surface area contributed by atoms with Crippen LogP contribution in [0.2, 0.25) is 0 Å². The van der Waals surface area contributed by atoms with E-state index in [-0.39, 0.29) is 6.04 Å². The van der Waals surface area contributed by atoms with Crippen LogP contribution in [0.3, 0.4) is 0 Å². The highest BCUT2D eigenvalue weighted by Gasteiger charge is 2.33. The van der Waals surface area contributed by atoms with Gasteiger partial charge in [-0.25, -0.2) is 4.98 Å². The van der Waals surface area contributed by atoms with E-state index in [9.17, 15) is 13.2 Å². The SMILES string of the molecule is CN(CC1CCCN1c1cccnn1)c1cccc(C(F)(F)F)n1. The molecule has 1 unspecified atom stereocenters. The summed E-state index contributed by atoms with van der Waals surface area (Å²) in [6.45, 7) is 1.44. The fourth-order valence-corrected chi connectivity index (χ4v) is 2.98. The lowest BCUT2D eigenvalue weighted by atomic mass is 10.2. The minimum absolute atomic E-state index is 0.169. The molecule has 0 amide bonds. The number of aromatic nitrogens is 3. The predicted octanol–water partition coefficient (Wildman–Crippen LogP) is 3.00. The van der Waals surface area contributed by atoms with Crippen LogP contribution >= 0.6 is 0 Å². The topological polar surface area (TPSA) is 45.2 Å². The maximum absolute atomic E-state index is 12.8. The van der Waals surface area contributed by atoms with Crippen LogP contribution in [0.25, 0.3) is 0 Å². The van der Waals surface area contributed by atoms with Gasteiger partial charge in [0.25, 0.3) is 0 Å². The van der Waals surface area contributed by atoms with E-state index in [1.807, 2.05) is 12.1 Å². The number of alkyl halides is 3. The molecule has 1 atom stereocenters. The first-order valence-electron chi connectivity index (χ1n) is 7.75. The van der Waals surface area contributed by atoms with Crippen molar-refractivity contribution in [1.82, 2.24) is 15.2 Å². The number of anilines is 2. The molecule has 3 rings (SSSR count). The maximum Gasteiger partial charge on any atom is 0.433 e. The average Bonchev–Trinajstić information content (AvgIpc) is 3.03. The summed E-state index contributed by atoms with van der Waals surface area (Å²) in [5, 5.41) is 8.03. The van der Waals surface area contributed by atoms with E-state index in [2.05, 4.69) is 20.1 Å². The molecule has 24 heavy (non-hydrogen) atoms. The standard InChI is InChI=1S/C16H18F3N5/c1-23(14-7-2-6-13(21-14)16(17,18)19)11-12-5-4-10-24(12)15-8-3-9-20-22-15/h2-3,6-9,12H,4-5,10-11H2,1H3. The largest absolute Gasteiger partial charge is 0.433 e. The molecule has 3 heterocycles. The van der Waals surface area contributed by atoms with E-state index in [1.54, 1.807) is 24.2 Å². The highest BCUT2D eigenvalue weighted by Crippen LogP contribution is 2.29. The van der Waals surface area contributed by atoms with Crippen LogP contribution in [0.5, 0.6) is 0 Å². The zero-order chi connectivity index (χ0) is 17.2. The van der Waals surface area contributed by atoms with Crippen molar-refractivity contribution >= 4 is 11.6 Å². The molecule has 0 saturated carbocycles. The number of pyridine rings is 1. The van der Waals surface area contributed by atoms with E-state index in [0.29, 0.717) is 12.4 Å². The highest BCUT2D eigenvalue weighted by molar-refractivity contribution is 5.43. The first kappa shape index (κ1) is 16.5. The fraction of sp³-hybridized carbons (Fsp3) is 0.438. The minimum atomic E-state index is -4.43. The lowest BCUT2D eigenvalue weighted by molar-refractivity contribution is -0.141. The number of likely N-dealkylation sites (N-methyl/N-ethyl adjacent to an activating group) is 1. The third-order valence-corrected chi connectivity index (χ3v) is 4.13. The molecule has 0 aromatic carbocycles. The van der Waals surface area contributed by atoms with Crippen LogP contribution in [0.4, 0.5) is 24.8 Å². The van der Waals surface area contributed by atoms with Crippen LogP contribution in [0.1, 0.15) is 18.5 Å². The summed E-state index contributed by atoms with van der Waals surface area (Å²) in [6, 6.07) is 7.86. The van der Waals surface area contributed by atoms with Gasteiger partial charge in [-0.05, 0) is 37.1 Å². The van der Waals surface area contributed by atoms with Crippen molar-refractivity contribution in [1.29, 1.82) is 0 Å². The number of rotatable bonds is 4. The second kappa shape index (κ2) is 6.62. The van der Waals surface area contributed by atoms with Crippen molar-refractivity contribution in [3.8, 4) is 0 Å². The number of hydrogen-bond acceptors (Lipinski definition) is 5. The first-order chi connectivity index (χ1) is 11.4. The van der Waals surface area contributed by atoms with Gasteiger partial charge in [0, 0.05) is 32.4 Å². The van der Waals surface area contributed by atoms with Crippen molar-refractivity contribution < 1.29 is 13.2 Å². The van der Waals surface area contributed by atoms with E-state index in [4.69, 9.17) is 0 Å². The zero-order valence-corrected chi connectivity index (χ0v) is 13.2. The van der Waals surface area contributed by atoms with Gasteiger partial charge in [0.05, 0.1) is 0 Å². The summed E-state index contributed by atoms with van der Waals surface area (Å²) in [5.74, 6) is 1.11. The third kappa shape index (κ3) is 3.58. The Balaban J connectivity index is 1.73. The van der Waals surface area contributed by atoms with Crippen molar-refractivity contribution in [3.63, 3.8) is 0 Å². The molecule has 2 aromatic rings. The van der Waals surface area contributed by atoms with Crippen molar-refractivity contribution in [2.45, 2.75) is 25.1 Å². The van der Waals surface area contributed by atoms with Crippen LogP contribution < -0.4 is 9.80 Å². The molecule has 1 saturated heterocycles. The predicted molar refractivity (Wildman–Crippen MR) is 84.9 cm³/mol. The van der Waals surface area contributed by atoms with Crippen LogP contribution in [-0.2, 0) is 6.18 Å². The van der Waals surface area contributed by atoms with Crippen LogP contribution in [0, 0.1) is 0 Å². The molecule has 0 N–H and O–H groups in total. The number of hydrogen-bond donors (Lipinski definition) is 0. The molecule has 1 aliphatic heterocycles. The quantitative estimate of drug-likeness (QED) is 0.858. The van der Waals surface area contributed by atoms with Gasteiger partial charge >= 0.3 is 6.18 Å². The Bertz CT molecular complexity index is 677. The smallest absolute Gasteiger partial charge is 0.358 e. The van der Waals surface area contributed by atoms with Gasteiger partial charge in [0.15, 0.2) is 5.82 Å². The summed E-state index contributed by atoms with van der Waals surface area (Å²) in [4.78, 5) is 7.65. The molecular weight excluding hydrogens is 319 g/mol. The fourth-order valence-electron chi connectivity index (χ4n) is 2.98. The molecule has 128 valence electrons. The Morgan fingerprint density at radius 2 is 2.08 bits per heavy atom. The Kier molecular flexibility index (Phi) is 4.55. The van der Waals surface area contributed by atoms with Gasteiger partial charge < -0.3 is 9.80 Å². The molecule has 0 bridgehead atoms. The Morgan fingerprint density at radius 3 is 2.79 bits per heavy atom. The zero-order valence-electron chi connectivity index (χ0n) is 13.2. The summed E-state index contributed by atoms with van der Waals surface area (Å²) >= 11 is 0. The number of halogens is 3. The van der Waals surface area contributed by atoms with Gasteiger partial charge in [-0.1, -0.05) is 6.07 Å². The van der Waals surface area contributed by atoms with E-state index < -0.39 is 11.9 Å². The lowest BCUT2D eigenvalue weighted by Crippen LogP contribution is -2.39.